The topological polar surface area (TPSA) is 64.6 Å². The van der Waals surface area contributed by atoms with E-state index in [2.05, 4.69) is 26.1 Å². The van der Waals surface area contributed by atoms with Crippen LogP contribution >= 0.6 is 0 Å². The standard InChI is InChI=1S/C19H27NO4/c1-18(2,3)14-10-8-13(9-11-14)12-15(16(21)23-7)20-17(22)24-19(4,5)6/h8-12H,1-7H3,(H,20,22)/b15-12+. The lowest BCUT2D eigenvalue weighted by Gasteiger charge is -2.20. The van der Waals surface area contributed by atoms with Gasteiger partial charge in [-0.2, -0.15) is 0 Å². The average molecular weight is 333 g/mol. The summed E-state index contributed by atoms with van der Waals surface area (Å²) in [4.78, 5) is 23.8. The molecule has 0 aliphatic heterocycles. The van der Waals surface area contributed by atoms with Crippen molar-refractivity contribution in [3.63, 3.8) is 0 Å². The van der Waals surface area contributed by atoms with Gasteiger partial charge in [-0.1, -0.05) is 45.0 Å². The number of benzene rings is 1. The second-order valence-electron chi connectivity index (χ2n) is 7.55. The highest BCUT2D eigenvalue weighted by atomic mass is 16.6. The van der Waals surface area contributed by atoms with E-state index in [-0.39, 0.29) is 11.1 Å². The van der Waals surface area contributed by atoms with Crippen LogP contribution in [0.1, 0.15) is 52.7 Å². The fraction of sp³-hybridized carbons (Fsp3) is 0.474. The van der Waals surface area contributed by atoms with Gasteiger partial charge in [0.2, 0.25) is 0 Å². The normalized spacial score (nSPS) is 12.5. The summed E-state index contributed by atoms with van der Waals surface area (Å²) in [5, 5.41) is 2.44. The fourth-order valence-electron chi connectivity index (χ4n) is 1.92. The van der Waals surface area contributed by atoms with Gasteiger partial charge in [0.15, 0.2) is 0 Å². The molecule has 0 aromatic heterocycles. The largest absolute Gasteiger partial charge is 0.464 e. The molecule has 0 saturated heterocycles. The van der Waals surface area contributed by atoms with Crippen molar-refractivity contribution in [1.82, 2.24) is 5.32 Å². The van der Waals surface area contributed by atoms with Crippen LogP contribution in [-0.4, -0.2) is 24.8 Å². The maximum absolute atomic E-state index is 11.9. The molecule has 0 heterocycles. The first-order chi connectivity index (χ1) is 10.9. The van der Waals surface area contributed by atoms with Crippen molar-refractivity contribution < 1.29 is 19.1 Å². The van der Waals surface area contributed by atoms with Crippen LogP contribution in [0.5, 0.6) is 0 Å². The van der Waals surface area contributed by atoms with Crippen LogP contribution < -0.4 is 5.32 Å². The molecule has 0 fully saturated rings. The van der Waals surface area contributed by atoms with Crippen LogP contribution in [0.3, 0.4) is 0 Å². The first-order valence-electron chi connectivity index (χ1n) is 7.83. The molecular formula is C19H27NO4. The summed E-state index contributed by atoms with van der Waals surface area (Å²) in [5.74, 6) is -0.638. The number of carbonyl (C=O) groups is 2. The molecule has 1 amide bonds. The van der Waals surface area contributed by atoms with E-state index in [1.165, 1.54) is 12.7 Å². The number of hydrogen-bond donors (Lipinski definition) is 1. The number of methoxy groups -OCH3 is 1. The molecule has 1 aromatic rings. The lowest BCUT2D eigenvalue weighted by Crippen LogP contribution is -2.34. The summed E-state index contributed by atoms with van der Waals surface area (Å²) in [6.07, 6.45) is 0.854. The molecule has 132 valence electrons. The zero-order valence-electron chi connectivity index (χ0n) is 15.5. The molecular weight excluding hydrogens is 306 g/mol. The third-order valence-electron chi connectivity index (χ3n) is 3.13. The number of hydrogen-bond acceptors (Lipinski definition) is 4. The molecule has 0 bridgehead atoms. The van der Waals surface area contributed by atoms with Gasteiger partial charge in [-0.3, -0.25) is 5.32 Å². The summed E-state index contributed by atoms with van der Waals surface area (Å²) in [5.41, 5.74) is 1.37. The Labute approximate surface area is 144 Å². The minimum absolute atomic E-state index is 0.0234. The summed E-state index contributed by atoms with van der Waals surface area (Å²) >= 11 is 0. The summed E-state index contributed by atoms with van der Waals surface area (Å²) in [6.45, 7) is 11.6. The van der Waals surface area contributed by atoms with Crippen LogP contribution in [0, 0.1) is 0 Å². The quantitative estimate of drug-likeness (QED) is 0.670. The zero-order valence-corrected chi connectivity index (χ0v) is 15.5. The minimum atomic E-state index is -0.703. The molecule has 0 radical (unpaired) electrons. The molecule has 1 aromatic carbocycles. The molecule has 5 nitrogen and oxygen atoms in total. The van der Waals surface area contributed by atoms with Crippen LogP contribution in [-0.2, 0) is 19.7 Å². The van der Waals surface area contributed by atoms with Crippen molar-refractivity contribution in [2.75, 3.05) is 7.11 Å². The van der Waals surface area contributed by atoms with E-state index in [1.807, 2.05) is 24.3 Å². The Bertz CT molecular complexity index is 616. The fourth-order valence-corrected chi connectivity index (χ4v) is 1.92. The highest BCUT2D eigenvalue weighted by Gasteiger charge is 2.20. The van der Waals surface area contributed by atoms with E-state index in [0.717, 1.165) is 5.56 Å². The van der Waals surface area contributed by atoms with Gasteiger partial charge in [0, 0.05) is 0 Å². The van der Waals surface area contributed by atoms with Gasteiger partial charge in [-0.15, -0.1) is 0 Å². The summed E-state index contributed by atoms with van der Waals surface area (Å²) in [6, 6.07) is 7.77. The summed E-state index contributed by atoms with van der Waals surface area (Å²) in [7, 11) is 1.26. The van der Waals surface area contributed by atoms with Crippen molar-refractivity contribution >= 4 is 18.1 Å². The predicted octanol–water partition coefficient (Wildman–Crippen LogP) is 4.02. The molecule has 0 aliphatic rings. The highest BCUT2D eigenvalue weighted by molar-refractivity contribution is 5.96. The van der Waals surface area contributed by atoms with Crippen LogP contribution in [0.25, 0.3) is 6.08 Å². The molecule has 0 aliphatic carbocycles. The third kappa shape index (κ3) is 6.44. The molecule has 1 N–H and O–H groups in total. The maximum Gasteiger partial charge on any atom is 0.412 e. The number of esters is 1. The lowest BCUT2D eigenvalue weighted by atomic mass is 9.87. The zero-order chi connectivity index (χ0) is 18.5. The van der Waals surface area contributed by atoms with Gasteiger partial charge in [-0.25, -0.2) is 9.59 Å². The van der Waals surface area contributed by atoms with Gasteiger partial charge in [0.05, 0.1) is 7.11 Å². The third-order valence-corrected chi connectivity index (χ3v) is 3.13. The van der Waals surface area contributed by atoms with Crippen molar-refractivity contribution in [2.45, 2.75) is 52.6 Å². The molecule has 24 heavy (non-hydrogen) atoms. The lowest BCUT2D eigenvalue weighted by molar-refractivity contribution is -0.136. The number of amides is 1. The highest BCUT2D eigenvalue weighted by Crippen LogP contribution is 2.22. The van der Waals surface area contributed by atoms with E-state index in [9.17, 15) is 9.59 Å². The Kier molecular flexibility index (Phi) is 6.18. The van der Waals surface area contributed by atoms with Crippen LogP contribution in [0.15, 0.2) is 30.0 Å². The van der Waals surface area contributed by atoms with Crippen molar-refractivity contribution in [3.8, 4) is 0 Å². The summed E-state index contributed by atoms with van der Waals surface area (Å²) < 4.78 is 9.88. The number of alkyl carbamates (subject to hydrolysis) is 1. The molecule has 0 spiro atoms. The predicted molar refractivity (Wildman–Crippen MR) is 94.5 cm³/mol. The molecule has 1 rings (SSSR count). The molecule has 5 heteroatoms. The smallest absolute Gasteiger partial charge is 0.412 e. The Morgan fingerprint density at radius 2 is 1.54 bits per heavy atom. The first-order valence-corrected chi connectivity index (χ1v) is 7.83. The number of rotatable bonds is 3. The van der Waals surface area contributed by atoms with Gasteiger partial charge < -0.3 is 9.47 Å². The second kappa shape index (κ2) is 7.51. The monoisotopic (exact) mass is 333 g/mol. The van der Waals surface area contributed by atoms with Gasteiger partial charge in [0.25, 0.3) is 0 Å². The molecule has 0 unspecified atom stereocenters. The van der Waals surface area contributed by atoms with E-state index in [0.29, 0.717) is 0 Å². The van der Waals surface area contributed by atoms with Crippen LogP contribution in [0.4, 0.5) is 4.79 Å². The molecule has 0 atom stereocenters. The average Bonchev–Trinajstić information content (AvgIpc) is 2.43. The molecule has 0 saturated carbocycles. The van der Waals surface area contributed by atoms with Crippen molar-refractivity contribution in [2.24, 2.45) is 0 Å². The van der Waals surface area contributed by atoms with E-state index < -0.39 is 17.7 Å². The Morgan fingerprint density at radius 3 is 1.96 bits per heavy atom. The number of carbonyl (C=O) groups excluding carboxylic acids is 2. The number of nitrogens with one attached hydrogen (secondary N) is 1. The van der Waals surface area contributed by atoms with E-state index in [1.54, 1.807) is 26.8 Å². The maximum atomic E-state index is 11.9. The Hall–Kier alpha value is -2.30. The Morgan fingerprint density at radius 1 is 1.00 bits per heavy atom. The van der Waals surface area contributed by atoms with Crippen molar-refractivity contribution in [3.05, 3.63) is 41.1 Å². The SMILES string of the molecule is COC(=O)/C(=C\c1ccc(C(C)(C)C)cc1)NC(=O)OC(C)(C)C. The van der Waals surface area contributed by atoms with E-state index >= 15 is 0 Å². The number of ether oxygens (including phenoxy) is 2. The second-order valence-corrected chi connectivity index (χ2v) is 7.55. The van der Waals surface area contributed by atoms with E-state index in [4.69, 9.17) is 9.47 Å². The van der Waals surface area contributed by atoms with Crippen molar-refractivity contribution in [1.29, 1.82) is 0 Å². The van der Waals surface area contributed by atoms with Crippen LogP contribution in [0.2, 0.25) is 0 Å². The first kappa shape index (κ1) is 19.7. The van der Waals surface area contributed by atoms with Gasteiger partial charge in [0.1, 0.15) is 11.3 Å². The Balaban J connectivity index is 3.02. The van der Waals surface area contributed by atoms with Gasteiger partial charge in [-0.05, 0) is 43.4 Å². The van der Waals surface area contributed by atoms with Gasteiger partial charge >= 0.3 is 12.1 Å². The minimum Gasteiger partial charge on any atom is -0.464 e.